The van der Waals surface area contributed by atoms with Gasteiger partial charge < -0.3 is 9.30 Å². The highest BCUT2D eigenvalue weighted by molar-refractivity contribution is 5.55. The smallest absolute Gasteiger partial charge is 0.406 e. The van der Waals surface area contributed by atoms with Gasteiger partial charge in [0, 0.05) is 49.0 Å². The molecule has 1 aliphatic heterocycles. The van der Waals surface area contributed by atoms with Gasteiger partial charge in [0.2, 0.25) is 0 Å². The Kier molecular flexibility index (Phi) is 5.76. The number of piperidine rings is 1. The lowest BCUT2D eigenvalue weighted by molar-refractivity contribution is -0.274. The van der Waals surface area contributed by atoms with Crippen LogP contribution in [0.25, 0.3) is 11.4 Å². The summed E-state index contributed by atoms with van der Waals surface area (Å²) >= 11 is 0. The van der Waals surface area contributed by atoms with Crippen LogP contribution in [0, 0.1) is 6.92 Å². The van der Waals surface area contributed by atoms with Gasteiger partial charge in [-0.05, 0) is 56.1 Å². The van der Waals surface area contributed by atoms with E-state index in [1.54, 1.807) is 18.5 Å². The molecule has 1 aromatic carbocycles. The first-order valence-corrected chi connectivity index (χ1v) is 9.90. The minimum atomic E-state index is -4.68. The first-order valence-electron chi connectivity index (χ1n) is 9.90. The van der Waals surface area contributed by atoms with Crippen molar-refractivity contribution in [3.05, 3.63) is 66.2 Å². The SMILES string of the molecule is Cc1cnc(-c2ccncc2)n1C1CCCN(Cc2cccc(OC(F)(F)F)c2)C1. The summed E-state index contributed by atoms with van der Waals surface area (Å²) in [5, 5.41) is 0. The number of pyridine rings is 1. The highest BCUT2D eigenvalue weighted by atomic mass is 19.4. The predicted octanol–water partition coefficient (Wildman–Crippen LogP) is 4.99. The van der Waals surface area contributed by atoms with E-state index < -0.39 is 6.36 Å². The molecule has 0 aliphatic carbocycles. The van der Waals surface area contributed by atoms with Gasteiger partial charge in [-0.1, -0.05) is 12.1 Å². The molecule has 0 bridgehead atoms. The maximum absolute atomic E-state index is 12.5. The van der Waals surface area contributed by atoms with E-state index in [4.69, 9.17) is 0 Å². The van der Waals surface area contributed by atoms with Crippen LogP contribution in [0.3, 0.4) is 0 Å². The summed E-state index contributed by atoms with van der Waals surface area (Å²) in [6.07, 6.45) is 2.75. The number of aromatic nitrogens is 3. The van der Waals surface area contributed by atoms with Crippen molar-refractivity contribution in [3.63, 3.8) is 0 Å². The van der Waals surface area contributed by atoms with Crippen LogP contribution in [-0.4, -0.2) is 38.9 Å². The van der Waals surface area contributed by atoms with E-state index in [2.05, 4.69) is 31.1 Å². The maximum atomic E-state index is 12.5. The molecule has 3 aromatic rings. The van der Waals surface area contributed by atoms with Crippen molar-refractivity contribution in [2.45, 2.75) is 38.7 Å². The van der Waals surface area contributed by atoms with Gasteiger partial charge in [-0.2, -0.15) is 0 Å². The quantitative estimate of drug-likeness (QED) is 0.588. The van der Waals surface area contributed by atoms with Gasteiger partial charge in [-0.15, -0.1) is 13.2 Å². The van der Waals surface area contributed by atoms with E-state index >= 15 is 0 Å². The van der Waals surface area contributed by atoms with Gasteiger partial charge in [0.05, 0.1) is 0 Å². The van der Waals surface area contributed by atoms with E-state index in [-0.39, 0.29) is 11.8 Å². The van der Waals surface area contributed by atoms with Gasteiger partial charge >= 0.3 is 6.36 Å². The van der Waals surface area contributed by atoms with E-state index in [1.165, 1.54) is 12.1 Å². The van der Waals surface area contributed by atoms with Gasteiger partial charge in [0.1, 0.15) is 11.6 Å². The van der Waals surface area contributed by atoms with Crippen molar-refractivity contribution in [2.24, 2.45) is 0 Å². The molecule has 1 atom stereocenters. The van der Waals surface area contributed by atoms with Crippen molar-refractivity contribution >= 4 is 0 Å². The zero-order valence-electron chi connectivity index (χ0n) is 16.6. The van der Waals surface area contributed by atoms with Crippen molar-refractivity contribution < 1.29 is 17.9 Å². The lowest BCUT2D eigenvalue weighted by Crippen LogP contribution is -2.36. The fourth-order valence-corrected chi connectivity index (χ4v) is 4.11. The maximum Gasteiger partial charge on any atom is 0.573 e. The number of hydrogen-bond acceptors (Lipinski definition) is 4. The summed E-state index contributed by atoms with van der Waals surface area (Å²) in [4.78, 5) is 11.0. The summed E-state index contributed by atoms with van der Waals surface area (Å²) < 4.78 is 43.9. The molecule has 1 unspecified atom stereocenters. The number of hydrogen-bond donors (Lipinski definition) is 0. The van der Waals surface area contributed by atoms with Crippen molar-refractivity contribution in [1.29, 1.82) is 0 Å². The molecule has 8 heteroatoms. The van der Waals surface area contributed by atoms with Gasteiger partial charge in [0.25, 0.3) is 0 Å². The Morgan fingerprint density at radius 3 is 2.73 bits per heavy atom. The molecule has 4 rings (SSSR count). The number of ether oxygens (including phenoxy) is 1. The molecule has 3 heterocycles. The second-order valence-electron chi connectivity index (χ2n) is 7.56. The van der Waals surface area contributed by atoms with Crippen LogP contribution >= 0.6 is 0 Å². The number of aryl methyl sites for hydroxylation is 1. The summed E-state index contributed by atoms with van der Waals surface area (Å²) in [6.45, 7) is 4.33. The first-order chi connectivity index (χ1) is 14.4. The summed E-state index contributed by atoms with van der Waals surface area (Å²) in [5.41, 5.74) is 2.91. The fraction of sp³-hybridized carbons (Fsp3) is 0.364. The van der Waals surface area contributed by atoms with Crippen LogP contribution in [0.5, 0.6) is 5.75 Å². The average molecular weight is 416 g/mol. The standard InChI is InChI=1S/C22H23F3N4O/c1-16-13-27-21(18-7-9-26-10-8-18)29(16)19-5-3-11-28(15-19)14-17-4-2-6-20(12-17)30-22(23,24)25/h2,4,6-10,12-13,19H,3,5,11,14-15H2,1H3. The first kappa shape index (κ1) is 20.4. The van der Waals surface area contributed by atoms with Crippen LogP contribution in [0.15, 0.2) is 55.0 Å². The molecule has 158 valence electrons. The summed E-state index contributed by atoms with van der Waals surface area (Å²) in [6, 6.07) is 10.4. The lowest BCUT2D eigenvalue weighted by atomic mass is 10.0. The largest absolute Gasteiger partial charge is 0.573 e. The van der Waals surface area contributed by atoms with Crippen LogP contribution in [0.2, 0.25) is 0 Å². The van der Waals surface area contributed by atoms with Crippen LogP contribution < -0.4 is 4.74 Å². The molecular weight excluding hydrogens is 393 g/mol. The Labute approximate surface area is 173 Å². The highest BCUT2D eigenvalue weighted by Gasteiger charge is 2.31. The minimum Gasteiger partial charge on any atom is -0.406 e. The van der Waals surface area contributed by atoms with Crippen molar-refractivity contribution in [3.8, 4) is 17.1 Å². The molecule has 0 amide bonds. The van der Waals surface area contributed by atoms with Gasteiger partial charge in [-0.25, -0.2) is 4.98 Å². The number of nitrogens with zero attached hydrogens (tertiary/aromatic N) is 4. The Morgan fingerprint density at radius 1 is 1.17 bits per heavy atom. The number of halogens is 3. The number of alkyl halides is 3. The number of rotatable bonds is 5. The monoisotopic (exact) mass is 416 g/mol. The molecule has 0 N–H and O–H groups in total. The topological polar surface area (TPSA) is 43.2 Å². The Morgan fingerprint density at radius 2 is 1.97 bits per heavy atom. The Hall–Kier alpha value is -2.87. The summed E-state index contributed by atoms with van der Waals surface area (Å²) in [7, 11) is 0. The zero-order valence-corrected chi connectivity index (χ0v) is 16.6. The van der Waals surface area contributed by atoms with Crippen LogP contribution in [0.4, 0.5) is 13.2 Å². The number of likely N-dealkylation sites (tertiary alicyclic amines) is 1. The third-order valence-electron chi connectivity index (χ3n) is 5.30. The zero-order chi connectivity index (χ0) is 21.1. The lowest BCUT2D eigenvalue weighted by Gasteiger charge is -2.35. The highest BCUT2D eigenvalue weighted by Crippen LogP contribution is 2.30. The molecule has 5 nitrogen and oxygen atoms in total. The minimum absolute atomic E-state index is 0.181. The normalized spacial score (nSPS) is 17.8. The van der Waals surface area contributed by atoms with Crippen molar-refractivity contribution in [1.82, 2.24) is 19.4 Å². The number of benzene rings is 1. The van der Waals surface area contributed by atoms with E-state index in [9.17, 15) is 13.2 Å². The second-order valence-corrected chi connectivity index (χ2v) is 7.56. The molecule has 0 saturated carbocycles. The molecule has 1 saturated heterocycles. The molecular formula is C22H23F3N4O. The second kappa shape index (κ2) is 8.47. The van der Waals surface area contributed by atoms with Crippen molar-refractivity contribution in [2.75, 3.05) is 13.1 Å². The third kappa shape index (κ3) is 4.81. The van der Waals surface area contributed by atoms with E-state index in [0.29, 0.717) is 6.54 Å². The summed E-state index contributed by atoms with van der Waals surface area (Å²) in [5.74, 6) is 0.737. The van der Waals surface area contributed by atoms with Gasteiger partial charge in [-0.3, -0.25) is 9.88 Å². The molecule has 0 spiro atoms. The number of imidazole rings is 1. The molecule has 1 aliphatic rings. The molecule has 30 heavy (non-hydrogen) atoms. The Balaban J connectivity index is 1.50. The fourth-order valence-electron chi connectivity index (χ4n) is 4.11. The van der Waals surface area contributed by atoms with Crippen LogP contribution in [-0.2, 0) is 6.54 Å². The Bertz CT molecular complexity index is 988. The molecule has 2 aromatic heterocycles. The third-order valence-corrected chi connectivity index (χ3v) is 5.30. The average Bonchev–Trinajstić information content (AvgIpc) is 3.09. The predicted molar refractivity (Wildman–Crippen MR) is 107 cm³/mol. The van der Waals surface area contributed by atoms with Gasteiger partial charge in [0.15, 0.2) is 0 Å². The van der Waals surface area contributed by atoms with E-state index in [1.807, 2.05) is 24.4 Å². The molecule has 1 fully saturated rings. The van der Waals surface area contributed by atoms with E-state index in [0.717, 1.165) is 48.6 Å². The van der Waals surface area contributed by atoms with Crippen LogP contribution in [0.1, 0.15) is 30.1 Å². The molecule has 0 radical (unpaired) electrons.